The Hall–Kier alpha value is -1.59. The Morgan fingerprint density at radius 2 is 1.93 bits per heavy atom. The molecule has 4 rings (SSSR count). The summed E-state index contributed by atoms with van der Waals surface area (Å²) in [5, 5.41) is 13.6. The number of aryl methyl sites for hydroxylation is 1. The zero-order chi connectivity index (χ0) is 20.0. The van der Waals surface area contributed by atoms with Crippen LogP contribution in [0.15, 0.2) is 32.6 Å². The third kappa shape index (κ3) is 3.43. The summed E-state index contributed by atoms with van der Waals surface area (Å²) < 4.78 is 8.99. The topological polar surface area (TPSA) is 94.7 Å². The quantitative estimate of drug-likeness (QED) is 0.178. The average Bonchev–Trinajstić information content (AvgIpc) is 3.14. The van der Waals surface area contributed by atoms with Crippen molar-refractivity contribution in [2.45, 2.75) is 23.3 Å². The zero-order valence-electron chi connectivity index (χ0n) is 13.9. The van der Waals surface area contributed by atoms with E-state index in [2.05, 4.69) is 34.6 Å². The van der Waals surface area contributed by atoms with E-state index in [4.69, 9.17) is 23.2 Å². The average molecular weight is 517 g/mol. The van der Waals surface area contributed by atoms with Gasteiger partial charge in [0, 0.05) is 22.9 Å². The van der Waals surface area contributed by atoms with Gasteiger partial charge in [-0.1, -0.05) is 41.9 Å². The predicted molar refractivity (Wildman–Crippen MR) is 115 cm³/mol. The fraction of sp³-hybridized carbons (Fsp3) is 0.125. The summed E-state index contributed by atoms with van der Waals surface area (Å²) in [6.07, 6.45) is 0.582. The maximum Gasteiger partial charge on any atom is 0.286 e. The Bertz CT molecular complexity index is 1270. The molecule has 0 bridgehead atoms. The Balaban J connectivity index is 2.01. The van der Waals surface area contributed by atoms with Crippen molar-refractivity contribution in [3.05, 3.63) is 48.7 Å². The lowest BCUT2D eigenvalue weighted by Gasteiger charge is -2.10. The Morgan fingerprint density at radius 3 is 2.64 bits per heavy atom. The SMILES string of the molecule is CCc1nc(Sc2c([N+](=O)[O-])cc(Br)c3nsnc23)c2cc(Cl)cc(Cl)c2n1. The maximum absolute atomic E-state index is 11.7. The highest BCUT2D eigenvalue weighted by Gasteiger charge is 2.25. The van der Waals surface area contributed by atoms with Crippen LogP contribution in [0, 0.1) is 10.1 Å². The second kappa shape index (κ2) is 7.68. The van der Waals surface area contributed by atoms with Crippen molar-refractivity contribution < 1.29 is 4.92 Å². The first-order valence-electron chi connectivity index (χ1n) is 7.81. The maximum atomic E-state index is 11.7. The lowest BCUT2D eigenvalue weighted by molar-refractivity contribution is -0.387. The summed E-state index contributed by atoms with van der Waals surface area (Å²) in [4.78, 5) is 20.6. The number of nitro groups is 1. The lowest BCUT2D eigenvalue weighted by Crippen LogP contribution is -1.98. The molecule has 12 heteroatoms. The summed E-state index contributed by atoms with van der Waals surface area (Å²) in [7, 11) is 0. The van der Waals surface area contributed by atoms with Gasteiger partial charge in [-0.2, -0.15) is 8.75 Å². The monoisotopic (exact) mass is 515 g/mol. The van der Waals surface area contributed by atoms with E-state index in [0.717, 1.165) is 23.5 Å². The van der Waals surface area contributed by atoms with Gasteiger partial charge in [-0.15, -0.1) is 0 Å². The first-order chi connectivity index (χ1) is 13.4. The van der Waals surface area contributed by atoms with Gasteiger partial charge in [0.2, 0.25) is 0 Å². The molecule has 4 aromatic rings. The van der Waals surface area contributed by atoms with Gasteiger partial charge in [0.1, 0.15) is 26.8 Å². The molecule has 28 heavy (non-hydrogen) atoms. The number of fused-ring (bicyclic) bond motifs is 2. The molecule has 0 amide bonds. The number of hydrogen-bond acceptors (Lipinski definition) is 8. The molecule has 0 aliphatic rings. The third-order valence-electron chi connectivity index (χ3n) is 3.87. The molecule has 2 aromatic heterocycles. The normalized spacial score (nSPS) is 11.4. The standard InChI is InChI=1S/C16H8BrCl2N5O2S2/c1-2-11-20-12-7(3-6(18)4-9(12)19)16(21-11)27-15-10(24(25)26)5-8(17)13-14(15)23-28-22-13/h3-5H,2H2,1H3. The van der Waals surface area contributed by atoms with Crippen molar-refractivity contribution in [2.24, 2.45) is 0 Å². The largest absolute Gasteiger partial charge is 0.286 e. The van der Waals surface area contributed by atoms with Crippen LogP contribution < -0.4 is 0 Å². The van der Waals surface area contributed by atoms with Crippen LogP contribution in [-0.4, -0.2) is 23.6 Å². The van der Waals surface area contributed by atoms with Gasteiger partial charge in [0.25, 0.3) is 5.69 Å². The van der Waals surface area contributed by atoms with Gasteiger partial charge in [-0.05, 0) is 28.1 Å². The molecule has 0 saturated carbocycles. The van der Waals surface area contributed by atoms with Gasteiger partial charge in [0.15, 0.2) is 0 Å². The minimum Gasteiger partial charge on any atom is -0.258 e. The smallest absolute Gasteiger partial charge is 0.258 e. The summed E-state index contributed by atoms with van der Waals surface area (Å²) in [5.74, 6) is 0.576. The minimum absolute atomic E-state index is 0.0880. The zero-order valence-corrected chi connectivity index (χ0v) is 18.7. The number of hydrogen-bond donors (Lipinski definition) is 0. The number of aromatic nitrogens is 4. The van der Waals surface area contributed by atoms with Crippen LogP contribution >= 0.6 is 62.6 Å². The number of rotatable bonds is 4. The summed E-state index contributed by atoms with van der Waals surface area (Å²) in [5.41, 5.74) is 1.46. The molecule has 7 nitrogen and oxygen atoms in total. The van der Waals surface area contributed by atoms with Crippen LogP contribution in [0.1, 0.15) is 12.7 Å². The van der Waals surface area contributed by atoms with Gasteiger partial charge in [0.05, 0.1) is 31.7 Å². The van der Waals surface area contributed by atoms with Gasteiger partial charge >= 0.3 is 0 Å². The highest BCUT2D eigenvalue weighted by molar-refractivity contribution is 9.10. The number of nitro benzene ring substituents is 1. The minimum atomic E-state index is -0.448. The fourth-order valence-electron chi connectivity index (χ4n) is 2.61. The molecular formula is C16H8BrCl2N5O2S2. The van der Waals surface area contributed by atoms with Crippen molar-refractivity contribution in [2.75, 3.05) is 0 Å². The molecule has 0 unspecified atom stereocenters. The molecule has 2 heterocycles. The molecule has 0 aliphatic carbocycles. The van der Waals surface area contributed by atoms with E-state index < -0.39 is 4.92 Å². The second-order valence-electron chi connectivity index (χ2n) is 5.61. The highest BCUT2D eigenvalue weighted by atomic mass is 79.9. The van der Waals surface area contributed by atoms with Crippen LogP contribution in [-0.2, 0) is 6.42 Å². The number of nitrogens with zero attached hydrogens (tertiary/aromatic N) is 5. The van der Waals surface area contributed by atoms with Crippen molar-refractivity contribution in [1.29, 1.82) is 0 Å². The Kier molecular flexibility index (Phi) is 5.41. The van der Waals surface area contributed by atoms with Crippen LogP contribution in [0.3, 0.4) is 0 Å². The van der Waals surface area contributed by atoms with E-state index in [0.29, 0.717) is 58.6 Å². The molecule has 0 spiro atoms. The molecule has 0 radical (unpaired) electrons. The third-order valence-corrected chi connectivity index (χ3v) is 6.62. The van der Waals surface area contributed by atoms with Gasteiger partial charge in [-0.25, -0.2) is 9.97 Å². The molecule has 0 saturated heterocycles. The first kappa shape index (κ1) is 19.7. The first-order valence-corrected chi connectivity index (χ1v) is 10.9. The van der Waals surface area contributed by atoms with Crippen LogP contribution in [0.2, 0.25) is 10.0 Å². The van der Waals surface area contributed by atoms with Crippen LogP contribution in [0.5, 0.6) is 0 Å². The Labute approximate surface area is 185 Å². The number of halogens is 3. The molecule has 0 N–H and O–H groups in total. The second-order valence-corrected chi connectivity index (χ2v) is 8.84. The van der Waals surface area contributed by atoms with Crippen molar-refractivity contribution in [3.63, 3.8) is 0 Å². The van der Waals surface area contributed by atoms with Crippen molar-refractivity contribution >= 4 is 90.2 Å². The molecule has 0 fully saturated rings. The highest BCUT2D eigenvalue weighted by Crippen LogP contribution is 2.44. The molecule has 142 valence electrons. The number of benzene rings is 2. The van der Waals surface area contributed by atoms with Gasteiger partial charge in [-0.3, -0.25) is 10.1 Å². The van der Waals surface area contributed by atoms with Crippen molar-refractivity contribution in [1.82, 2.24) is 18.7 Å². The molecule has 0 aliphatic heterocycles. The van der Waals surface area contributed by atoms with Crippen LogP contribution in [0.25, 0.3) is 21.9 Å². The Morgan fingerprint density at radius 1 is 1.18 bits per heavy atom. The summed E-state index contributed by atoms with van der Waals surface area (Å²) in [6.45, 7) is 1.92. The predicted octanol–water partition coefficient (Wildman–Crippen LogP) is 6.33. The molecule has 2 aromatic carbocycles. The van der Waals surface area contributed by atoms with Gasteiger partial charge < -0.3 is 0 Å². The van der Waals surface area contributed by atoms with E-state index in [-0.39, 0.29) is 5.69 Å². The van der Waals surface area contributed by atoms with E-state index >= 15 is 0 Å². The summed E-state index contributed by atoms with van der Waals surface area (Å²) in [6, 6.07) is 4.73. The lowest BCUT2D eigenvalue weighted by atomic mass is 10.2. The van der Waals surface area contributed by atoms with Crippen LogP contribution in [0.4, 0.5) is 5.69 Å². The fourth-order valence-corrected chi connectivity index (χ4v) is 5.47. The molecule has 0 atom stereocenters. The van der Waals surface area contributed by atoms with E-state index in [1.54, 1.807) is 12.1 Å². The van der Waals surface area contributed by atoms with Crippen molar-refractivity contribution in [3.8, 4) is 0 Å². The van der Waals surface area contributed by atoms with E-state index in [9.17, 15) is 10.1 Å². The molecular weight excluding hydrogens is 509 g/mol. The van der Waals surface area contributed by atoms with E-state index in [1.807, 2.05) is 6.92 Å². The van der Waals surface area contributed by atoms with E-state index in [1.165, 1.54) is 6.07 Å². The summed E-state index contributed by atoms with van der Waals surface area (Å²) >= 11 is 17.9.